The molecule has 164 valence electrons. The fraction of sp³-hybridized carbons (Fsp3) is 0.412. The molecule has 29 heavy (non-hydrogen) atoms. The Morgan fingerprint density at radius 3 is 1.55 bits per heavy atom. The Hall–Kier alpha value is -2.61. The summed E-state index contributed by atoms with van der Waals surface area (Å²) >= 11 is -0.160. The maximum absolute atomic E-state index is 11.0. The topological polar surface area (TPSA) is 167 Å². The summed E-state index contributed by atoms with van der Waals surface area (Å²) in [5, 5.41) is 10.7. The molecule has 0 bridgehead atoms. The van der Waals surface area contributed by atoms with Crippen LogP contribution in [0.5, 0.6) is 0 Å². The second kappa shape index (κ2) is 16.4. The number of carboxylic acid groups (broad SMARTS) is 1. The van der Waals surface area contributed by atoms with Crippen LogP contribution in [0.4, 0.5) is 0 Å². The summed E-state index contributed by atoms with van der Waals surface area (Å²) < 4.78 is 6.32. The third kappa shape index (κ3) is 11.1. The number of carboxylic acids is 1. The fourth-order valence-corrected chi connectivity index (χ4v) is 1.85. The zero-order chi connectivity index (χ0) is 23.7. The van der Waals surface area contributed by atoms with Gasteiger partial charge in [-0.2, -0.15) is 0 Å². The Kier molecular flexibility index (Phi) is 14.9. The van der Waals surface area contributed by atoms with E-state index in [0.717, 1.165) is 22.0 Å². The van der Waals surface area contributed by atoms with Gasteiger partial charge in [-0.3, -0.25) is 38.6 Å². The van der Waals surface area contributed by atoms with Gasteiger partial charge in [0.1, 0.15) is 0 Å². The average molecular weight is 526 g/mol. The predicted octanol–water partition coefficient (Wildman–Crippen LogP) is -5.09. The van der Waals surface area contributed by atoms with Crippen LogP contribution in [-0.2, 0) is 28.8 Å². The minimum absolute atomic E-state index is 0.0556. The van der Waals surface area contributed by atoms with E-state index in [9.17, 15) is 28.8 Å². The number of amides is 5. The molecule has 0 aliphatic carbocycles. The van der Waals surface area contributed by atoms with Crippen LogP contribution in [0.3, 0.4) is 0 Å². The second-order valence-electron chi connectivity index (χ2n) is 4.89. The van der Waals surface area contributed by atoms with Crippen molar-refractivity contribution >= 4 is 35.5 Å². The number of carbonyl (C=O) groups excluding carboxylic acids is 5. The van der Waals surface area contributed by atoms with E-state index in [2.05, 4.69) is 11.1 Å². The Bertz CT molecular complexity index is 662. The quantitative estimate of drug-likeness (QED) is 0.176. The monoisotopic (exact) mass is 526 g/mol. The molecule has 0 atom stereocenters. The first-order valence-electron chi connectivity index (χ1n) is 8.59. The molecule has 2 heterocycles. The molecule has 2 aliphatic rings. The van der Waals surface area contributed by atoms with Crippen molar-refractivity contribution in [3.63, 3.8) is 0 Å². The van der Waals surface area contributed by atoms with E-state index in [1.54, 1.807) is 0 Å². The number of imide groups is 2. The van der Waals surface area contributed by atoms with Crippen molar-refractivity contribution in [1.82, 2.24) is 15.1 Å². The van der Waals surface area contributed by atoms with E-state index in [4.69, 9.17) is 5.70 Å². The third-order valence-corrected chi connectivity index (χ3v) is 3.19. The van der Waals surface area contributed by atoms with Crippen LogP contribution in [0.2, 0.25) is 0 Å². The number of nitrogens with zero attached hydrogens (tertiary/aromatic N) is 2. The van der Waals surface area contributed by atoms with Crippen LogP contribution >= 0.6 is 0 Å². The molecule has 2 rings (SSSR count). The molecule has 2 aliphatic heterocycles. The number of hydrogen-bond acceptors (Lipinski definition) is 7. The van der Waals surface area contributed by atoms with Crippen molar-refractivity contribution in [1.29, 1.82) is 0.594 Å². The van der Waals surface area contributed by atoms with Gasteiger partial charge in [0.25, 0.3) is 23.6 Å². The van der Waals surface area contributed by atoms with E-state index in [1.165, 1.54) is 26.2 Å². The van der Waals surface area contributed by atoms with Crippen molar-refractivity contribution in [2.24, 2.45) is 5.73 Å². The van der Waals surface area contributed by atoms with Crippen molar-refractivity contribution in [2.45, 2.75) is 12.8 Å². The predicted molar refractivity (Wildman–Crippen MR) is 100 cm³/mol. The molecule has 0 aromatic heterocycles. The molecule has 0 spiro atoms. The Morgan fingerprint density at radius 1 is 0.966 bits per heavy atom. The summed E-state index contributed by atoms with van der Waals surface area (Å²) in [6, 6.07) is 0. The molecule has 0 unspecified atom stereocenters. The molecule has 0 saturated heterocycles. The summed E-state index contributed by atoms with van der Waals surface area (Å²) in [7, 11) is 3.01. The molecule has 0 fully saturated rings. The first-order chi connectivity index (χ1) is 14.2. The second-order valence-corrected chi connectivity index (χ2v) is 4.89. The first kappa shape index (κ1) is 26.4. The van der Waals surface area contributed by atoms with Gasteiger partial charge in [-0.25, -0.2) is 0 Å². The molecule has 0 saturated carbocycles. The molecule has 0 radical (unpaired) electrons. The number of hydrogen-bond donors (Lipinski definition) is 3. The number of alkyl halides is 1. The number of nitrogens with two attached hydrogens (primary N) is 1. The van der Waals surface area contributed by atoms with E-state index in [-0.39, 0.29) is 66.0 Å². The number of aliphatic carboxylic acids is 1. The molecule has 5 amide bonds. The molecule has 11 nitrogen and oxygen atoms in total. The van der Waals surface area contributed by atoms with Crippen LogP contribution < -0.4 is 33.4 Å². The normalized spacial score (nSPS) is 14.4. The van der Waals surface area contributed by atoms with Gasteiger partial charge in [0.15, 0.2) is 0 Å². The van der Waals surface area contributed by atoms with Crippen LogP contribution in [0.15, 0.2) is 24.3 Å². The van der Waals surface area contributed by atoms with Crippen molar-refractivity contribution in [2.75, 3.05) is 32.1 Å². The van der Waals surface area contributed by atoms with Gasteiger partial charge >= 0.3 is 33.9 Å². The first-order valence-corrected chi connectivity index (χ1v) is 10.4. The standard InChI is InChI=1S/C8H10N2O3.C7H7NO4.CH4I.CH5N/c1-9-6(11)4-5-10-7(12)2-3-8(10)13;9-5-1-2-6(10)8(5)4-3-7(11)12;2*1-2/h2-3H,4-5H2,1H3,(H,9,11);1-2H,3-4H2,(H,11,12);2H,1H3;2H2,1H3/q;;-1;/i;;2D;. The number of rotatable bonds is 6. The SMILES string of the molecule is CN.CNC(=O)CCN1C(=O)C=CC1=O.O=C(O)CCN1C(=O)C=CC1=O.[2H][I-]C. The Balaban J connectivity index is 0. The van der Waals surface area contributed by atoms with Gasteiger partial charge in [0.2, 0.25) is 5.91 Å². The van der Waals surface area contributed by atoms with Gasteiger partial charge in [0.05, 0.1) is 6.42 Å². The molecular weight excluding hydrogens is 499 g/mol. The summed E-state index contributed by atoms with van der Waals surface area (Å²) in [5.41, 5.74) is 4.50. The third-order valence-electron chi connectivity index (χ3n) is 3.19. The number of halogens is 1. The van der Waals surface area contributed by atoms with E-state index < -0.39 is 17.8 Å². The maximum atomic E-state index is 11.0. The molecular formula is C17H26IN4O7-. The number of carbonyl (C=O) groups is 6. The van der Waals surface area contributed by atoms with Crippen LogP contribution in [-0.4, -0.2) is 83.1 Å². The van der Waals surface area contributed by atoms with Gasteiger partial charge in [-0.15, -0.1) is 0 Å². The molecule has 0 aromatic carbocycles. The van der Waals surface area contributed by atoms with Gasteiger partial charge in [-0.1, -0.05) is 0 Å². The Labute approximate surface area is 182 Å². The summed E-state index contributed by atoms with van der Waals surface area (Å²) in [4.78, 5) is 68.3. The zero-order valence-electron chi connectivity index (χ0n) is 17.4. The molecule has 4 N–H and O–H groups in total. The van der Waals surface area contributed by atoms with E-state index in [1.807, 2.05) is 4.93 Å². The van der Waals surface area contributed by atoms with Crippen molar-refractivity contribution in [3.05, 3.63) is 24.3 Å². The summed E-state index contributed by atoms with van der Waals surface area (Å²) in [6.45, 7) is 0.0876. The zero-order valence-corrected chi connectivity index (χ0v) is 18.5. The van der Waals surface area contributed by atoms with Gasteiger partial charge in [-0.05, 0) is 7.05 Å². The van der Waals surface area contributed by atoms with Crippen molar-refractivity contribution in [3.8, 4) is 0 Å². The van der Waals surface area contributed by atoms with E-state index in [0.29, 0.717) is 0 Å². The fourth-order valence-electron chi connectivity index (χ4n) is 1.85. The van der Waals surface area contributed by atoms with Crippen LogP contribution in [0, 0.1) is 0 Å². The summed E-state index contributed by atoms with van der Waals surface area (Å²) in [6.07, 6.45) is 4.60. The van der Waals surface area contributed by atoms with E-state index >= 15 is 0 Å². The molecule has 12 heteroatoms. The van der Waals surface area contributed by atoms with Gasteiger partial charge < -0.3 is 16.2 Å². The van der Waals surface area contributed by atoms with Crippen LogP contribution in [0.25, 0.3) is 0 Å². The Morgan fingerprint density at radius 2 is 1.28 bits per heavy atom. The average Bonchev–Trinajstić information content (AvgIpc) is 3.21. The summed E-state index contributed by atoms with van der Waals surface area (Å²) in [5.74, 6) is -2.81. The molecule has 0 aromatic rings. The van der Waals surface area contributed by atoms with Gasteiger partial charge in [0, 0.05) is 50.9 Å². The minimum atomic E-state index is -1.03. The number of nitrogens with one attached hydrogen (secondary N) is 1. The van der Waals surface area contributed by atoms with Crippen molar-refractivity contribution < 1.29 is 56.3 Å². The van der Waals surface area contributed by atoms with Crippen LogP contribution in [0.1, 0.15) is 12.8 Å².